The molecule has 3 rings (SSSR count). The summed E-state index contributed by atoms with van der Waals surface area (Å²) in [7, 11) is 0. The van der Waals surface area contributed by atoms with E-state index in [9.17, 15) is 9.59 Å². The summed E-state index contributed by atoms with van der Waals surface area (Å²) in [6, 6.07) is 8.97. The highest BCUT2D eigenvalue weighted by Crippen LogP contribution is 2.29. The average molecular weight is 351 g/mol. The van der Waals surface area contributed by atoms with Crippen LogP contribution in [0.5, 0.6) is 0 Å². The van der Waals surface area contributed by atoms with Crippen LogP contribution in [0.25, 0.3) is 11.0 Å². The highest BCUT2D eigenvalue weighted by Gasteiger charge is 2.32. The summed E-state index contributed by atoms with van der Waals surface area (Å²) < 4.78 is 5.21. The van der Waals surface area contributed by atoms with Crippen LogP contribution in [0.15, 0.2) is 39.5 Å². The zero-order valence-electron chi connectivity index (χ0n) is 13.9. The van der Waals surface area contributed by atoms with E-state index in [1.807, 2.05) is 12.1 Å². The van der Waals surface area contributed by atoms with Crippen molar-refractivity contribution in [1.29, 1.82) is 0 Å². The highest BCUT2D eigenvalue weighted by molar-refractivity contribution is 5.96. The summed E-state index contributed by atoms with van der Waals surface area (Å²) in [5, 5.41) is 7.06. The van der Waals surface area contributed by atoms with Gasteiger partial charge in [0.2, 0.25) is 0 Å². The van der Waals surface area contributed by atoms with Gasteiger partial charge in [-0.2, -0.15) is 0 Å². The molecule has 1 saturated heterocycles. The Balaban J connectivity index is 0.00000208. The summed E-state index contributed by atoms with van der Waals surface area (Å²) in [4.78, 5) is 24.4. The minimum atomic E-state index is -0.600. The van der Waals surface area contributed by atoms with Gasteiger partial charge in [0.25, 0.3) is 5.91 Å². The third-order valence-electron chi connectivity index (χ3n) is 4.68. The second-order valence-corrected chi connectivity index (χ2v) is 6.79. The molecule has 2 N–H and O–H groups in total. The maximum atomic E-state index is 12.4. The third kappa shape index (κ3) is 3.79. The zero-order valence-corrected chi connectivity index (χ0v) is 14.7. The Labute approximate surface area is 147 Å². The van der Waals surface area contributed by atoms with Crippen molar-refractivity contribution in [2.24, 2.45) is 5.41 Å². The number of fused-ring (bicyclic) bond motifs is 1. The molecule has 1 aliphatic rings. The number of halogens is 1. The Kier molecular flexibility index (Phi) is 5.67. The Morgan fingerprint density at radius 3 is 2.88 bits per heavy atom. The van der Waals surface area contributed by atoms with E-state index in [-0.39, 0.29) is 35.3 Å². The fourth-order valence-electron chi connectivity index (χ4n) is 3.13. The fourth-order valence-corrected chi connectivity index (χ4v) is 3.13. The molecule has 130 valence electrons. The lowest BCUT2D eigenvalue weighted by atomic mass is 9.77. The Morgan fingerprint density at radius 2 is 2.12 bits per heavy atom. The van der Waals surface area contributed by atoms with Crippen LogP contribution in [0.4, 0.5) is 0 Å². The van der Waals surface area contributed by atoms with Crippen LogP contribution < -0.4 is 16.3 Å². The van der Waals surface area contributed by atoms with Crippen molar-refractivity contribution in [3.05, 3.63) is 46.3 Å². The van der Waals surface area contributed by atoms with Gasteiger partial charge in [-0.15, -0.1) is 12.4 Å². The quantitative estimate of drug-likeness (QED) is 0.835. The van der Waals surface area contributed by atoms with Crippen LogP contribution in [0, 0.1) is 5.41 Å². The van der Waals surface area contributed by atoms with Crippen LogP contribution in [0.1, 0.15) is 37.0 Å². The van der Waals surface area contributed by atoms with Gasteiger partial charge in [-0.1, -0.05) is 32.0 Å². The van der Waals surface area contributed by atoms with Gasteiger partial charge in [0.15, 0.2) is 0 Å². The van der Waals surface area contributed by atoms with Crippen LogP contribution in [0.3, 0.4) is 0 Å². The van der Waals surface area contributed by atoms with Gasteiger partial charge in [0.1, 0.15) is 11.1 Å². The van der Waals surface area contributed by atoms with Crippen molar-refractivity contribution < 1.29 is 9.21 Å². The first-order chi connectivity index (χ1) is 11.0. The molecule has 0 saturated carbocycles. The second kappa shape index (κ2) is 7.36. The van der Waals surface area contributed by atoms with Crippen molar-refractivity contribution in [1.82, 2.24) is 10.6 Å². The van der Waals surface area contributed by atoms with E-state index in [1.165, 1.54) is 0 Å². The summed E-state index contributed by atoms with van der Waals surface area (Å²) in [6.07, 6.45) is 2.27. The lowest BCUT2D eigenvalue weighted by Gasteiger charge is -2.39. The second-order valence-electron chi connectivity index (χ2n) is 6.79. The maximum absolute atomic E-state index is 12.4. The Morgan fingerprint density at radius 1 is 1.38 bits per heavy atom. The van der Waals surface area contributed by atoms with Crippen LogP contribution in [-0.2, 0) is 0 Å². The zero-order chi connectivity index (χ0) is 16.4. The number of carbonyl (C=O) groups excluding carboxylic acids is 1. The van der Waals surface area contributed by atoms with Crippen LogP contribution >= 0.6 is 12.4 Å². The first kappa shape index (κ1) is 18.5. The molecule has 2 aromatic rings. The summed E-state index contributed by atoms with van der Waals surface area (Å²) in [5.41, 5.74) is 0.0677. The van der Waals surface area contributed by atoms with Gasteiger partial charge < -0.3 is 15.1 Å². The van der Waals surface area contributed by atoms with Crippen LogP contribution in [-0.4, -0.2) is 25.0 Å². The number of carbonyl (C=O) groups is 1. The summed E-state index contributed by atoms with van der Waals surface area (Å²) in [5.74, 6) is -0.382. The molecule has 1 unspecified atom stereocenters. The standard InChI is InChI=1S/C18H22N2O3.ClH/c1-18(2)8-5-9-19-15(18)11-20-16(21)13-10-12-6-3-4-7-14(12)23-17(13)22;/h3-4,6-7,10,15,19H,5,8-9,11H2,1-2H3,(H,20,21);1H. The first-order valence-corrected chi connectivity index (χ1v) is 8.02. The molecule has 1 fully saturated rings. The van der Waals surface area contributed by atoms with E-state index in [0.717, 1.165) is 24.8 Å². The minimum Gasteiger partial charge on any atom is -0.422 e. The number of nitrogens with one attached hydrogen (secondary N) is 2. The predicted molar refractivity (Wildman–Crippen MR) is 96.9 cm³/mol. The highest BCUT2D eigenvalue weighted by atomic mass is 35.5. The molecule has 2 heterocycles. The Hall–Kier alpha value is -1.85. The van der Waals surface area contributed by atoms with E-state index in [4.69, 9.17) is 4.42 Å². The van der Waals surface area contributed by atoms with Crippen LogP contribution in [0.2, 0.25) is 0 Å². The number of rotatable bonds is 3. The predicted octanol–water partition coefficient (Wildman–Crippen LogP) is 2.72. The van der Waals surface area contributed by atoms with Crippen molar-refractivity contribution in [3.63, 3.8) is 0 Å². The number of amides is 1. The SMILES string of the molecule is CC1(C)CCCNC1CNC(=O)c1cc2ccccc2oc1=O.Cl. The number of benzene rings is 1. The number of hydrogen-bond donors (Lipinski definition) is 2. The van der Waals surface area contributed by atoms with E-state index in [2.05, 4.69) is 24.5 Å². The first-order valence-electron chi connectivity index (χ1n) is 8.02. The number of para-hydroxylation sites is 1. The largest absolute Gasteiger partial charge is 0.422 e. The number of hydrogen-bond acceptors (Lipinski definition) is 4. The molecule has 1 amide bonds. The molecule has 1 aromatic heterocycles. The minimum absolute atomic E-state index is 0. The van der Waals surface area contributed by atoms with Gasteiger partial charge in [-0.05, 0) is 36.9 Å². The maximum Gasteiger partial charge on any atom is 0.349 e. The van der Waals surface area contributed by atoms with Gasteiger partial charge in [0.05, 0.1) is 0 Å². The molecule has 0 bridgehead atoms. The molecule has 24 heavy (non-hydrogen) atoms. The summed E-state index contributed by atoms with van der Waals surface area (Å²) >= 11 is 0. The molecule has 0 radical (unpaired) electrons. The molecule has 6 heteroatoms. The molecular weight excluding hydrogens is 328 g/mol. The van der Waals surface area contributed by atoms with E-state index in [0.29, 0.717) is 12.1 Å². The van der Waals surface area contributed by atoms with Gasteiger partial charge >= 0.3 is 5.63 Å². The van der Waals surface area contributed by atoms with Gasteiger partial charge in [-0.25, -0.2) is 4.79 Å². The monoisotopic (exact) mass is 350 g/mol. The van der Waals surface area contributed by atoms with E-state index < -0.39 is 5.63 Å². The van der Waals surface area contributed by atoms with E-state index >= 15 is 0 Å². The van der Waals surface area contributed by atoms with Crippen molar-refractivity contribution in [3.8, 4) is 0 Å². The fraction of sp³-hybridized carbons (Fsp3) is 0.444. The Bertz CT molecular complexity index is 785. The lowest BCUT2D eigenvalue weighted by Crippen LogP contribution is -2.53. The molecule has 0 spiro atoms. The van der Waals surface area contributed by atoms with Gasteiger partial charge in [-0.3, -0.25) is 4.79 Å². The molecule has 1 aliphatic heterocycles. The van der Waals surface area contributed by atoms with Gasteiger partial charge in [0, 0.05) is 18.0 Å². The van der Waals surface area contributed by atoms with Crippen molar-refractivity contribution >= 4 is 29.3 Å². The third-order valence-corrected chi connectivity index (χ3v) is 4.68. The van der Waals surface area contributed by atoms with Crippen molar-refractivity contribution in [2.75, 3.05) is 13.1 Å². The molecular formula is C18H23ClN2O3. The van der Waals surface area contributed by atoms with E-state index in [1.54, 1.807) is 18.2 Å². The topological polar surface area (TPSA) is 71.3 Å². The molecule has 0 aliphatic carbocycles. The lowest BCUT2D eigenvalue weighted by molar-refractivity contribution is 0.0925. The molecule has 1 aromatic carbocycles. The molecule has 5 nitrogen and oxygen atoms in total. The normalized spacial score (nSPS) is 19.5. The molecule has 1 atom stereocenters. The smallest absolute Gasteiger partial charge is 0.349 e. The van der Waals surface area contributed by atoms with Crippen molar-refractivity contribution in [2.45, 2.75) is 32.7 Å². The summed E-state index contributed by atoms with van der Waals surface area (Å²) in [6.45, 7) is 5.85. The number of piperidine rings is 1. The average Bonchev–Trinajstić information content (AvgIpc) is 2.52.